The van der Waals surface area contributed by atoms with Crippen LogP contribution in [-0.2, 0) is 9.84 Å². The van der Waals surface area contributed by atoms with Crippen molar-refractivity contribution in [1.82, 2.24) is 0 Å². The molecule has 0 aliphatic carbocycles. The maximum atomic E-state index is 11.3. The summed E-state index contributed by atoms with van der Waals surface area (Å²) in [6.45, 7) is 0. The SMILES string of the molecule is CS(=O)(=O)c1ccc(-c2ccccc2Br)cc1. The van der Waals surface area contributed by atoms with Gasteiger partial charge in [0.2, 0.25) is 0 Å². The minimum absolute atomic E-state index is 0.341. The van der Waals surface area contributed by atoms with Gasteiger partial charge in [-0.25, -0.2) is 8.42 Å². The van der Waals surface area contributed by atoms with Crippen molar-refractivity contribution in [2.45, 2.75) is 4.90 Å². The molecule has 2 nitrogen and oxygen atoms in total. The van der Waals surface area contributed by atoms with Gasteiger partial charge in [0.1, 0.15) is 0 Å². The minimum atomic E-state index is -3.12. The van der Waals surface area contributed by atoms with Gasteiger partial charge in [0.15, 0.2) is 9.84 Å². The van der Waals surface area contributed by atoms with Gasteiger partial charge in [-0.15, -0.1) is 0 Å². The van der Waals surface area contributed by atoms with Crippen molar-refractivity contribution in [3.63, 3.8) is 0 Å². The Balaban J connectivity index is 2.47. The second-order valence-corrected chi connectivity index (χ2v) is 6.65. The summed E-state index contributed by atoms with van der Waals surface area (Å²) in [6, 6.07) is 14.7. The summed E-state index contributed by atoms with van der Waals surface area (Å²) >= 11 is 3.47. The van der Waals surface area contributed by atoms with Gasteiger partial charge < -0.3 is 0 Å². The van der Waals surface area contributed by atoms with E-state index in [0.717, 1.165) is 15.6 Å². The van der Waals surface area contributed by atoms with Gasteiger partial charge in [-0.05, 0) is 29.3 Å². The molecule has 2 aromatic rings. The number of sulfone groups is 1. The van der Waals surface area contributed by atoms with Crippen LogP contribution in [0.3, 0.4) is 0 Å². The van der Waals surface area contributed by atoms with Crippen LogP contribution < -0.4 is 0 Å². The Hall–Kier alpha value is -1.13. The second-order valence-electron chi connectivity index (χ2n) is 3.78. The van der Waals surface area contributed by atoms with Crippen molar-refractivity contribution in [2.24, 2.45) is 0 Å². The van der Waals surface area contributed by atoms with Gasteiger partial charge in [-0.1, -0.05) is 46.3 Å². The lowest BCUT2D eigenvalue weighted by molar-refractivity contribution is 0.602. The van der Waals surface area contributed by atoms with Gasteiger partial charge in [0.25, 0.3) is 0 Å². The molecule has 2 aromatic carbocycles. The van der Waals surface area contributed by atoms with E-state index in [1.165, 1.54) is 6.26 Å². The molecule has 0 radical (unpaired) electrons. The van der Waals surface area contributed by atoms with E-state index in [2.05, 4.69) is 15.9 Å². The van der Waals surface area contributed by atoms with Crippen LogP contribution in [0.1, 0.15) is 0 Å². The molecule has 88 valence electrons. The quantitative estimate of drug-likeness (QED) is 0.850. The van der Waals surface area contributed by atoms with Gasteiger partial charge in [-0.3, -0.25) is 0 Å². The normalized spacial score (nSPS) is 11.4. The summed E-state index contributed by atoms with van der Waals surface area (Å²) in [5.74, 6) is 0. The second kappa shape index (κ2) is 4.63. The van der Waals surface area contributed by atoms with Crippen molar-refractivity contribution in [3.05, 3.63) is 53.0 Å². The highest BCUT2D eigenvalue weighted by Crippen LogP contribution is 2.28. The fourth-order valence-corrected chi connectivity index (χ4v) is 2.72. The van der Waals surface area contributed by atoms with E-state index in [1.54, 1.807) is 12.1 Å². The molecule has 0 aromatic heterocycles. The average molecular weight is 311 g/mol. The third-order valence-electron chi connectivity index (χ3n) is 2.47. The molecule has 17 heavy (non-hydrogen) atoms. The third kappa shape index (κ3) is 2.76. The molecular formula is C13H11BrO2S. The molecule has 0 amide bonds. The van der Waals surface area contributed by atoms with Crippen LogP contribution in [0.15, 0.2) is 57.9 Å². The number of hydrogen-bond donors (Lipinski definition) is 0. The monoisotopic (exact) mass is 310 g/mol. The van der Waals surface area contributed by atoms with E-state index in [1.807, 2.05) is 36.4 Å². The van der Waals surface area contributed by atoms with Crippen molar-refractivity contribution in [3.8, 4) is 11.1 Å². The summed E-state index contributed by atoms with van der Waals surface area (Å²) in [5, 5.41) is 0. The first kappa shape index (κ1) is 12.3. The highest BCUT2D eigenvalue weighted by molar-refractivity contribution is 9.10. The van der Waals surface area contributed by atoms with Gasteiger partial charge in [0, 0.05) is 10.7 Å². The number of rotatable bonds is 2. The fourth-order valence-electron chi connectivity index (χ4n) is 1.58. The van der Waals surface area contributed by atoms with Crippen molar-refractivity contribution < 1.29 is 8.42 Å². The van der Waals surface area contributed by atoms with Crippen LogP contribution in [0.4, 0.5) is 0 Å². The molecule has 0 aliphatic heterocycles. The van der Waals surface area contributed by atoms with Crippen LogP contribution in [0.5, 0.6) is 0 Å². The van der Waals surface area contributed by atoms with Gasteiger partial charge in [0.05, 0.1) is 4.90 Å². The fraction of sp³-hybridized carbons (Fsp3) is 0.0769. The molecule has 0 bridgehead atoms. The first-order chi connectivity index (χ1) is 7.98. The molecule has 4 heteroatoms. The summed E-state index contributed by atoms with van der Waals surface area (Å²) in [7, 11) is -3.12. The Morgan fingerprint density at radius 2 is 1.53 bits per heavy atom. The maximum Gasteiger partial charge on any atom is 0.175 e. The minimum Gasteiger partial charge on any atom is -0.224 e. The molecule has 0 saturated carbocycles. The number of halogens is 1. The molecule has 0 N–H and O–H groups in total. The van der Waals surface area contributed by atoms with E-state index in [0.29, 0.717) is 4.90 Å². The average Bonchev–Trinajstić information content (AvgIpc) is 2.29. The van der Waals surface area contributed by atoms with Crippen molar-refractivity contribution in [2.75, 3.05) is 6.26 Å². The predicted molar refractivity (Wildman–Crippen MR) is 72.7 cm³/mol. The summed E-state index contributed by atoms with van der Waals surface area (Å²) < 4.78 is 23.7. The van der Waals surface area contributed by atoms with Crippen molar-refractivity contribution in [1.29, 1.82) is 0 Å². The molecule has 0 aliphatic rings. The zero-order valence-electron chi connectivity index (χ0n) is 9.22. The van der Waals surface area contributed by atoms with E-state index >= 15 is 0 Å². The zero-order chi connectivity index (χ0) is 12.5. The van der Waals surface area contributed by atoms with Crippen LogP contribution in [0.25, 0.3) is 11.1 Å². The number of hydrogen-bond acceptors (Lipinski definition) is 2. The van der Waals surface area contributed by atoms with Crippen molar-refractivity contribution >= 4 is 25.8 Å². The van der Waals surface area contributed by atoms with Crippen LogP contribution >= 0.6 is 15.9 Å². The first-order valence-electron chi connectivity index (χ1n) is 5.03. The lowest BCUT2D eigenvalue weighted by Gasteiger charge is -2.05. The first-order valence-corrected chi connectivity index (χ1v) is 7.72. The summed E-state index contributed by atoms with van der Waals surface area (Å²) in [5.41, 5.74) is 2.04. The maximum absolute atomic E-state index is 11.3. The molecule has 0 spiro atoms. The van der Waals surface area contributed by atoms with Gasteiger partial charge >= 0.3 is 0 Å². The standard InChI is InChI=1S/C13H11BrO2S/c1-17(15,16)11-8-6-10(7-9-11)12-4-2-3-5-13(12)14/h2-9H,1H3. The lowest BCUT2D eigenvalue weighted by atomic mass is 10.1. The summed E-state index contributed by atoms with van der Waals surface area (Å²) in [6.07, 6.45) is 1.21. The molecule has 0 saturated heterocycles. The molecule has 2 rings (SSSR count). The molecular weight excluding hydrogens is 300 g/mol. The topological polar surface area (TPSA) is 34.1 Å². The molecule has 0 unspecified atom stereocenters. The largest absolute Gasteiger partial charge is 0.224 e. The zero-order valence-corrected chi connectivity index (χ0v) is 11.6. The molecule has 0 atom stereocenters. The Morgan fingerprint density at radius 3 is 2.06 bits per heavy atom. The molecule has 0 heterocycles. The highest BCUT2D eigenvalue weighted by Gasteiger charge is 2.07. The predicted octanol–water partition coefficient (Wildman–Crippen LogP) is 3.52. The Morgan fingerprint density at radius 1 is 0.941 bits per heavy atom. The van der Waals surface area contributed by atoms with Crippen LogP contribution in [-0.4, -0.2) is 14.7 Å². The smallest absolute Gasteiger partial charge is 0.175 e. The number of benzene rings is 2. The Labute approximate surface area is 109 Å². The van der Waals surface area contributed by atoms with E-state index in [9.17, 15) is 8.42 Å². The Kier molecular flexibility index (Phi) is 3.35. The lowest BCUT2D eigenvalue weighted by Crippen LogP contribution is -1.96. The highest BCUT2D eigenvalue weighted by atomic mass is 79.9. The third-order valence-corrected chi connectivity index (χ3v) is 4.29. The molecule has 0 fully saturated rings. The van der Waals surface area contributed by atoms with E-state index < -0.39 is 9.84 Å². The van der Waals surface area contributed by atoms with Crippen LogP contribution in [0.2, 0.25) is 0 Å². The Bertz CT molecular complexity index is 631. The van der Waals surface area contributed by atoms with E-state index in [4.69, 9.17) is 0 Å². The van der Waals surface area contributed by atoms with E-state index in [-0.39, 0.29) is 0 Å². The summed E-state index contributed by atoms with van der Waals surface area (Å²) in [4.78, 5) is 0.341. The van der Waals surface area contributed by atoms with Crippen LogP contribution in [0, 0.1) is 0 Å². The van der Waals surface area contributed by atoms with Gasteiger partial charge in [-0.2, -0.15) is 0 Å².